The van der Waals surface area contributed by atoms with Crippen molar-refractivity contribution in [2.45, 2.75) is 40.2 Å². The second-order valence-corrected chi connectivity index (χ2v) is 5.46. The van der Waals surface area contributed by atoms with Crippen LogP contribution in [0.5, 0.6) is 0 Å². The molecular weight excluding hydrogens is 318 g/mol. The van der Waals surface area contributed by atoms with Crippen LogP contribution >= 0.6 is 15.9 Å². The molecule has 2 aromatic heterocycles. The van der Waals surface area contributed by atoms with Gasteiger partial charge in [0.05, 0.1) is 22.3 Å². The van der Waals surface area contributed by atoms with Gasteiger partial charge in [-0.15, -0.1) is 0 Å². The van der Waals surface area contributed by atoms with Crippen molar-refractivity contribution >= 4 is 21.7 Å². The van der Waals surface area contributed by atoms with Crippen LogP contribution in [0.15, 0.2) is 22.8 Å². The Morgan fingerprint density at radius 1 is 1.40 bits per heavy atom. The minimum atomic E-state index is 0.0912. The van der Waals surface area contributed by atoms with Gasteiger partial charge in [-0.1, -0.05) is 6.92 Å². The summed E-state index contributed by atoms with van der Waals surface area (Å²) >= 11 is 3.57. The summed E-state index contributed by atoms with van der Waals surface area (Å²) in [6, 6.07) is 3.58. The third kappa shape index (κ3) is 2.98. The highest BCUT2D eigenvalue weighted by Gasteiger charge is 2.17. The lowest BCUT2D eigenvalue weighted by Crippen LogP contribution is -2.10. The number of hydrogen-bond acceptors (Lipinski definition) is 3. The summed E-state index contributed by atoms with van der Waals surface area (Å²) < 4.78 is 2.86. The number of Topliss-reactive ketones (excluding diaryl/α,β-unsaturated/α-hetero) is 1. The molecule has 0 aliphatic heterocycles. The van der Waals surface area contributed by atoms with E-state index in [2.05, 4.69) is 32.9 Å². The molecule has 0 bridgehead atoms. The van der Waals surface area contributed by atoms with Crippen molar-refractivity contribution in [1.29, 1.82) is 0 Å². The van der Waals surface area contributed by atoms with Crippen molar-refractivity contribution in [3.8, 4) is 0 Å². The summed E-state index contributed by atoms with van der Waals surface area (Å²) in [6.45, 7) is 6.74. The van der Waals surface area contributed by atoms with Crippen LogP contribution in [-0.2, 0) is 19.4 Å². The molecule has 0 spiro atoms. The van der Waals surface area contributed by atoms with Gasteiger partial charge in [0, 0.05) is 24.0 Å². The molecule has 106 valence electrons. The van der Waals surface area contributed by atoms with E-state index in [9.17, 15) is 4.79 Å². The lowest BCUT2D eigenvalue weighted by atomic mass is 10.1. The van der Waals surface area contributed by atoms with Crippen LogP contribution in [0.1, 0.15) is 41.3 Å². The maximum absolute atomic E-state index is 12.4. The SMILES string of the molecule is CCc1nn(CC)c(CC(=O)c2ccnc(C)c2)c1Br. The van der Waals surface area contributed by atoms with Gasteiger partial charge in [0.25, 0.3) is 0 Å². The summed E-state index contributed by atoms with van der Waals surface area (Å²) in [7, 11) is 0. The molecule has 0 amide bonds. The topological polar surface area (TPSA) is 47.8 Å². The average molecular weight is 336 g/mol. The molecule has 0 aliphatic rings. The number of carbonyl (C=O) groups is 1. The second-order valence-electron chi connectivity index (χ2n) is 4.66. The lowest BCUT2D eigenvalue weighted by Gasteiger charge is -2.05. The van der Waals surface area contributed by atoms with Gasteiger partial charge in [-0.3, -0.25) is 14.5 Å². The molecule has 0 N–H and O–H groups in total. The lowest BCUT2D eigenvalue weighted by molar-refractivity contribution is 0.0990. The maximum Gasteiger partial charge on any atom is 0.168 e. The van der Waals surface area contributed by atoms with Crippen LogP contribution in [0.4, 0.5) is 0 Å². The minimum Gasteiger partial charge on any atom is -0.294 e. The molecule has 0 saturated carbocycles. The standard InChI is InChI=1S/C15H18BrN3O/c1-4-12-15(16)13(19(5-2)18-12)9-14(20)11-6-7-17-10(3)8-11/h6-8H,4-5,9H2,1-3H3. The first-order chi connectivity index (χ1) is 9.56. The maximum atomic E-state index is 12.4. The Morgan fingerprint density at radius 2 is 2.15 bits per heavy atom. The van der Waals surface area contributed by atoms with Crippen molar-refractivity contribution in [2.24, 2.45) is 0 Å². The number of carbonyl (C=O) groups excluding carboxylic acids is 1. The summed E-state index contributed by atoms with van der Waals surface area (Å²) in [6.07, 6.45) is 2.88. The van der Waals surface area contributed by atoms with Gasteiger partial charge in [-0.05, 0) is 48.3 Å². The fourth-order valence-corrected chi connectivity index (χ4v) is 2.86. The second kappa shape index (κ2) is 6.31. The highest BCUT2D eigenvalue weighted by Crippen LogP contribution is 2.23. The molecule has 0 aliphatic carbocycles. The number of pyridine rings is 1. The van der Waals surface area contributed by atoms with Crippen molar-refractivity contribution in [3.63, 3.8) is 0 Å². The number of hydrogen-bond donors (Lipinski definition) is 0. The van der Waals surface area contributed by atoms with E-state index in [0.717, 1.165) is 34.5 Å². The van der Waals surface area contributed by atoms with Crippen LogP contribution in [-0.4, -0.2) is 20.5 Å². The van der Waals surface area contributed by atoms with Crippen LogP contribution in [0, 0.1) is 6.92 Å². The van der Waals surface area contributed by atoms with Crippen molar-refractivity contribution < 1.29 is 4.79 Å². The minimum absolute atomic E-state index is 0.0912. The quantitative estimate of drug-likeness (QED) is 0.787. The molecule has 0 unspecified atom stereocenters. The number of ketones is 1. The molecular formula is C15H18BrN3O. The molecule has 2 rings (SSSR count). The van der Waals surface area contributed by atoms with Crippen molar-refractivity contribution in [2.75, 3.05) is 0 Å². The van der Waals surface area contributed by atoms with Gasteiger partial charge in [0.15, 0.2) is 5.78 Å². The van der Waals surface area contributed by atoms with Crippen LogP contribution < -0.4 is 0 Å². The first kappa shape index (κ1) is 14.9. The van der Waals surface area contributed by atoms with E-state index in [0.29, 0.717) is 12.0 Å². The average Bonchev–Trinajstić information content (AvgIpc) is 2.75. The van der Waals surface area contributed by atoms with Crippen molar-refractivity contribution in [3.05, 3.63) is 45.4 Å². The smallest absolute Gasteiger partial charge is 0.168 e. The third-order valence-corrected chi connectivity index (χ3v) is 4.16. The van der Waals surface area contributed by atoms with Gasteiger partial charge in [0.2, 0.25) is 0 Å². The zero-order valence-corrected chi connectivity index (χ0v) is 13.6. The first-order valence-electron chi connectivity index (χ1n) is 6.76. The molecule has 4 nitrogen and oxygen atoms in total. The van der Waals surface area contributed by atoms with Gasteiger partial charge in [0.1, 0.15) is 0 Å². The molecule has 0 fully saturated rings. The van der Waals surface area contributed by atoms with Gasteiger partial charge in [-0.25, -0.2) is 0 Å². The number of halogens is 1. The van der Waals surface area contributed by atoms with Crippen molar-refractivity contribution in [1.82, 2.24) is 14.8 Å². The summed E-state index contributed by atoms with van der Waals surface area (Å²) in [5.74, 6) is 0.0912. The summed E-state index contributed by atoms with van der Waals surface area (Å²) in [5, 5.41) is 4.52. The summed E-state index contributed by atoms with van der Waals surface area (Å²) in [4.78, 5) is 16.5. The van der Waals surface area contributed by atoms with E-state index < -0.39 is 0 Å². The van der Waals surface area contributed by atoms with E-state index in [-0.39, 0.29) is 5.78 Å². The normalized spacial score (nSPS) is 10.8. The molecule has 2 heterocycles. The Kier molecular flexibility index (Phi) is 4.70. The fourth-order valence-electron chi connectivity index (χ4n) is 2.16. The molecule has 0 radical (unpaired) electrons. The predicted molar refractivity (Wildman–Crippen MR) is 82.0 cm³/mol. The number of rotatable bonds is 5. The Morgan fingerprint density at radius 3 is 2.75 bits per heavy atom. The molecule has 0 aromatic carbocycles. The number of aromatic nitrogens is 3. The summed E-state index contributed by atoms with van der Waals surface area (Å²) in [5.41, 5.74) is 3.50. The highest BCUT2D eigenvalue weighted by molar-refractivity contribution is 9.10. The predicted octanol–water partition coefficient (Wildman–Crippen LogP) is 3.36. The molecule has 5 heteroatoms. The van der Waals surface area contributed by atoms with Gasteiger partial charge in [-0.2, -0.15) is 5.10 Å². The van der Waals surface area contributed by atoms with Crippen LogP contribution in [0.3, 0.4) is 0 Å². The first-order valence-corrected chi connectivity index (χ1v) is 7.56. The Balaban J connectivity index is 2.30. The molecule has 2 aromatic rings. The van der Waals surface area contributed by atoms with Crippen LogP contribution in [0.25, 0.3) is 0 Å². The zero-order valence-electron chi connectivity index (χ0n) is 12.0. The molecule has 0 atom stereocenters. The number of nitrogens with zero attached hydrogens (tertiary/aromatic N) is 3. The van der Waals surface area contributed by atoms with Crippen LogP contribution in [0.2, 0.25) is 0 Å². The monoisotopic (exact) mass is 335 g/mol. The number of aryl methyl sites for hydroxylation is 3. The van der Waals surface area contributed by atoms with Gasteiger partial charge < -0.3 is 0 Å². The van der Waals surface area contributed by atoms with E-state index >= 15 is 0 Å². The Bertz CT molecular complexity index is 634. The largest absolute Gasteiger partial charge is 0.294 e. The van der Waals surface area contributed by atoms with E-state index in [1.54, 1.807) is 12.3 Å². The Labute approximate surface area is 127 Å². The fraction of sp³-hybridized carbons (Fsp3) is 0.400. The molecule has 20 heavy (non-hydrogen) atoms. The third-order valence-electron chi connectivity index (χ3n) is 3.24. The van der Waals surface area contributed by atoms with E-state index in [4.69, 9.17) is 0 Å². The zero-order chi connectivity index (χ0) is 14.7. The highest BCUT2D eigenvalue weighted by atomic mass is 79.9. The van der Waals surface area contributed by atoms with E-state index in [1.807, 2.05) is 24.6 Å². The van der Waals surface area contributed by atoms with Gasteiger partial charge >= 0.3 is 0 Å². The van der Waals surface area contributed by atoms with E-state index in [1.165, 1.54) is 0 Å². The Hall–Kier alpha value is -1.49. The molecule has 0 saturated heterocycles.